The van der Waals surface area contributed by atoms with E-state index in [4.69, 9.17) is 0 Å². The summed E-state index contributed by atoms with van der Waals surface area (Å²) in [7, 11) is 0. The molecule has 0 bridgehead atoms. The molecule has 2 heterocycles. The number of nitrogens with one attached hydrogen (secondary N) is 1. The van der Waals surface area contributed by atoms with E-state index < -0.39 is 0 Å². The van der Waals surface area contributed by atoms with E-state index >= 15 is 0 Å². The van der Waals surface area contributed by atoms with Crippen LogP contribution in [0.5, 0.6) is 0 Å². The lowest BCUT2D eigenvalue weighted by atomic mass is 10.1. The van der Waals surface area contributed by atoms with Crippen LogP contribution in [0.25, 0.3) is 0 Å². The number of aryl methyl sites for hydroxylation is 1. The van der Waals surface area contributed by atoms with E-state index in [1.165, 1.54) is 0 Å². The van der Waals surface area contributed by atoms with Gasteiger partial charge >= 0.3 is 0 Å². The van der Waals surface area contributed by atoms with E-state index in [1.807, 2.05) is 26.0 Å². The largest absolute Gasteiger partial charge is 0.359 e. The van der Waals surface area contributed by atoms with E-state index in [2.05, 4.69) is 15.3 Å². The summed E-state index contributed by atoms with van der Waals surface area (Å²) in [5, 5.41) is 3.15. The van der Waals surface area contributed by atoms with Crippen molar-refractivity contribution >= 4 is 5.82 Å². The van der Waals surface area contributed by atoms with Crippen molar-refractivity contribution in [2.45, 2.75) is 32.9 Å². The van der Waals surface area contributed by atoms with Gasteiger partial charge in [-0.25, -0.2) is 4.98 Å². The van der Waals surface area contributed by atoms with Gasteiger partial charge in [0.25, 0.3) is 5.56 Å². The molecule has 0 saturated carbocycles. The number of aromatic nitrogens is 3. The molecule has 2 aromatic heterocycles. The fraction of sp³-hybridized carbons (Fsp3) is 0.357. The Hall–Kier alpha value is -2.17. The fourth-order valence-electron chi connectivity index (χ4n) is 1.90. The van der Waals surface area contributed by atoms with Crippen LogP contribution in [-0.2, 0) is 6.54 Å². The molecule has 5 nitrogen and oxygen atoms in total. The third kappa shape index (κ3) is 3.19. The first-order chi connectivity index (χ1) is 9.22. The van der Waals surface area contributed by atoms with Crippen LogP contribution in [0.15, 0.2) is 41.7 Å². The highest BCUT2D eigenvalue weighted by molar-refractivity contribution is 5.35. The zero-order chi connectivity index (χ0) is 13.7. The molecule has 2 rings (SSSR count). The van der Waals surface area contributed by atoms with Crippen molar-refractivity contribution in [3.63, 3.8) is 0 Å². The number of anilines is 1. The van der Waals surface area contributed by atoms with E-state index in [0.717, 1.165) is 12.0 Å². The van der Waals surface area contributed by atoms with Gasteiger partial charge in [0.15, 0.2) is 5.82 Å². The Balaban J connectivity index is 2.20. The molecule has 0 amide bonds. The average molecular weight is 258 g/mol. The van der Waals surface area contributed by atoms with Crippen LogP contribution in [0, 0.1) is 0 Å². The minimum atomic E-state index is -0.0785. The van der Waals surface area contributed by atoms with Crippen LogP contribution in [0.2, 0.25) is 0 Å². The predicted molar refractivity (Wildman–Crippen MR) is 75.1 cm³/mol. The Morgan fingerprint density at radius 2 is 2.05 bits per heavy atom. The lowest BCUT2D eigenvalue weighted by Gasteiger charge is -2.15. The average Bonchev–Trinajstić information content (AvgIpc) is 2.44. The molecule has 5 heteroatoms. The van der Waals surface area contributed by atoms with Gasteiger partial charge in [-0.15, -0.1) is 0 Å². The van der Waals surface area contributed by atoms with E-state index in [-0.39, 0.29) is 11.6 Å². The topological polar surface area (TPSA) is 59.8 Å². The monoisotopic (exact) mass is 258 g/mol. The Morgan fingerprint density at radius 3 is 2.74 bits per heavy atom. The zero-order valence-corrected chi connectivity index (χ0v) is 11.2. The zero-order valence-electron chi connectivity index (χ0n) is 11.2. The number of rotatable bonds is 5. The second-order valence-corrected chi connectivity index (χ2v) is 4.42. The summed E-state index contributed by atoms with van der Waals surface area (Å²) in [5.74, 6) is 0.389. The smallest absolute Gasteiger partial charge is 0.293 e. The Labute approximate surface area is 112 Å². The molecule has 19 heavy (non-hydrogen) atoms. The maximum atomic E-state index is 12.2. The van der Waals surface area contributed by atoms with Crippen LogP contribution in [0.1, 0.15) is 31.9 Å². The van der Waals surface area contributed by atoms with Gasteiger partial charge in [-0.3, -0.25) is 9.78 Å². The highest BCUT2D eigenvalue weighted by Crippen LogP contribution is 2.14. The van der Waals surface area contributed by atoms with Crippen molar-refractivity contribution in [3.05, 3.63) is 52.8 Å². The minimum absolute atomic E-state index is 0.0145. The summed E-state index contributed by atoms with van der Waals surface area (Å²) in [6.45, 7) is 4.74. The maximum Gasteiger partial charge on any atom is 0.293 e. The van der Waals surface area contributed by atoms with Gasteiger partial charge in [-0.2, -0.15) is 0 Å². The molecular formula is C14H18N4O. The van der Waals surface area contributed by atoms with Crippen molar-refractivity contribution < 1.29 is 0 Å². The summed E-state index contributed by atoms with van der Waals surface area (Å²) in [5.41, 5.74) is 0.993. The SMILES string of the molecule is CCCn1ccnc(NC(C)c2ccncc2)c1=O. The van der Waals surface area contributed by atoms with Gasteiger partial charge in [0.05, 0.1) is 6.04 Å². The van der Waals surface area contributed by atoms with E-state index in [9.17, 15) is 4.79 Å². The second kappa shape index (κ2) is 6.13. The molecule has 2 aromatic rings. The Morgan fingerprint density at radius 1 is 1.32 bits per heavy atom. The first kappa shape index (κ1) is 13.3. The van der Waals surface area contributed by atoms with Crippen LogP contribution >= 0.6 is 0 Å². The molecule has 0 radical (unpaired) electrons. The molecule has 0 aromatic carbocycles. The third-order valence-corrected chi connectivity index (χ3v) is 2.94. The molecule has 0 spiro atoms. The van der Waals surface area contributed by atoms with Gasteiger partial charge in [0, 0.05) is 31.3 Å². The van der Waals surface area contributed by atoms with Gasteiger partial charge < -0.3 is 9.88 Å². The summed E-state index contributed by atoms with van der Waals surface area (Å²) in [6, 6.07) is 3.86. The summed E-state index contributed by atoms with van der Waals surface area (Å²) in [6.07, 6.45) is 7.76. The summed E-state index contributed by atoms with van der Waals surface area (Å²) >= 11 is 0. The maximum absolute atomic E-state index is 12.2. The lowest BCUT2D eigenvalue weighted by Crippen LogP contribution is -2.25. The van der Waals surface area contributed by atoms with Crippen LogP contribution < -0.4 is 10.9 Å². The van der Waals surface area contributed by atoms with Crippen LogP contribution in [0.3, 0.4) is 0 Å². The van der Waals surface area contributed by atoms with Gasteiger partial charge in [-0.1, -0.05) is 6.92 Å². The van der Waals surface area contributed by atoms with E-state index in [0.29, 0.717) is 12.4 Å². The van der Waals surface area contributed by atoms with Crippen LogP contribution in [0.4, 0.5) is 5.82 Å². The highest BCUT2D eigenvalue weighted by atomic mass is 16.1. The number of hydrogen-bond acceptors (Lipinski definition) is 4. The molecule has 1 unspecified atom stereocenters. The highest BCUT2D eigenvalue weighted by Gasteiger charge is 2.09. The molecule has 0 fully saturated rings. The number of hydrogen-bond donors (Lipinski definition) is 1. The first-order valence-corrected chi connectivity index (χ1v) is 6.44. The van der Waals surface area contributed by atoms with Crippen molar-refractivity contribution in [3.8, 4) is 0 Å². The molecule has 0 aliphatic heterocycles. The number of nitrogens with zero attached hydrogens (tertiary/aromatic N) is 3. The quantitative estimate of drug-likeness (QED) is 0.893. The van der Waals surface area contributed by atoms with Crippen LogP contribution in [-0.4, -0.2) is 14.5 Å². The third-order valence-electron chi connectivity index (χ3n) is 2.94. The molecule has 100 valence electrons. The second-order valence-electron chi connectivity index (χ2n) is 4.42. The van der Waals surface area contributed by atoms with Crippen molar-refractivity contribution in [2.75, 3.05) is 5.32 Å². The summed E-state index contributed by atoms with van der Waals surface area (Å²) < 4.78 is 1.68. The Kier molecular flexibility index (Phi) is 4.28. The van der Waals surface area contributed by atoms with Crippen molar-refractivity contribution in [1.29, 1.82) is 0 Å². The van der Waals surface area contributed by atoms with E-state index in [1.54, 1.807) is 29.4 Å². The van der Waals surface area contributed by atoms with Gasteiger partial charge in [-0.05, 0) is 31.0 Å². The van der Waals surface area contributed by atoms with Crippen molar-refractivity contribution in [2.24, 2.45) is 0 Å². The lowest BCUT2D eigenvalue weighted by molar-refractivity contribution is 0.648. The fourth-order valence-corrected chi connectivity index (χ4v) is 1.90. The molecule has 0 aliphatic rings. The molecule has 0 aliphatic carbocycles. The molecule has 0 saturated heterocycles. The Bertz CT molecular complexity index is 579. The van der Waals surface area contributed by atoms with Crippen molar-refractivity contribution in [1.82, 2.24) is 14.5 Å². The molecular weight excluding hydrogens is 240 g/mol. The van der Waals surface area contributed by atoms with Gasteiger partial charge in [0.1, 0.15) is 0 Å². The summed E-state index contributed by atoms with van der Waals surface area (Å²) in [4.78, 5) is 20.3. The molecule has 1 N–H and O–H groups in total. The normalized spacial score (nSPS) is 12.1. The molecule has 1 atom stereocenters. The minimum Gasteiger partial charge on any atom is -0.359 e. The number of pyridine rings is 1. The standard InChI is InChI=1S/C14H18N4O/c1-3-9-18-10-8-16-13(14(18)19)17-11(2)12-4-6-15-7-5-12/h4-8,10-11H,3,9H2,1-2H3,(H,16,17). The van der Waals surface area contributed by atoms with Gasteiger partial charge in [0.2, 0.25) is 0 Å². The first-order valence-electron chi connectivity index (χ1n) is 6.44. The predicted octanol–water partition coefficient (Wildman–Crippen LogP) is 2.22.